The van der Waals surface area contributed by atoms with Gasteiger partial charge in [0.1, 0.15) is 18.5 Å². The number of carboxylic acids is 1. The summed E-state index contributed by atoms with van der Waals surface area (Å²) in [5.74, 6) is -1.58. The summed E-state index contributed by atoms with van der Waals surface area (Å²) in [5, 5.41) is 18.1. The molecule has 1 unspecified atom stereocenters. The number of carboxylic acid groups (broad SMARTS) is 1. The molecule has 0 amide bonds. The van der Waals surface area contributed by atoms with Crippen molar-refractivity contribution in [3.63, 3.8) is 0 Å². The summed E-state index contributed by atoms with van der Waals surface area (Å²) in [4.78, 5) is 13.8. The number of pyridine rings is 1. The molecule has 202 valence electrons. The molecule has 0 radical (unpaired) electrons. The number of anilines is 1. The van der Waals surface area contributed by atoms with E-state index < -0.39 is 57.8 Å². The number of allylic oxidation sites excluding steroid dienone is 1. The van der Waals surface area contributed by atoms with Crippen molar-refractivity contribution in [2.24, 2.45) is 0 Å². The fraction of sp³-hybridized carbons (Fsp3) is 0.417. The van der Waals surface area contributed by atoms with E-state index in [0.717, 1.165) is 16.3 Å². The van der Waals surface area contributed by atoms with Gasteiger partial charge >= 0.3 is 12.1 Å². The number of halogens is 3. The molecule has 1 aromatic carbocycles. The molecule has 1 aromatic heterocycles. The quantitative estimate of drug-likeness (QED) is 0.458. The van der Waals surface area contributed by atoms with Gasteiger partial charge < -0.3 is 19.7 Å². The third kappa shape index (κ3) is 6.72. The smallest absolute Gasteiger partial charge is 0.417 e. The van der Waals surface area contributed by atoms with Crippen LogP contribution in [0.15, 0.2) is 40.9 Å². The van der Waals surface area contributed by atoms with Gasteiger partial charge in [-0.3, -0.25) is 9.10 Å². The van der Waals surface area contributed by atoms with E-state index in [0.29, 0.717) is 17.8 Å². The molecule has 0 fully saturated rings. The highest BCUT2D eigenvalue weighted by molar-refractivity contribution is 7.93. The highest BCUT2D eigenvalue weighted by atomic mass is 32.2. The van der Waals surface area contributed by atoms with Gasteiger partial charge in [0.25, 0.3) is 10.0 Å². The van der Waals surface area contributed by atoms with Crippen LogP contribution in [0.5, 0.6) is 11.6 Å². The molecule has 2 heterocycles. The molecule has 2 aromatic rings. The number of alkyl halides is 3. The molecule has 1 aliphatic heterocycles. The monoisotopic (exact) mass is 544 g/mol. The molecule has 0 saturated carbocycles. The van der Waals surface area contributed by atoms with Gasteiger partial charge in [0.2, 0.25) is 5.88 Å². The first-order valence-corrected chi connectivity index (χ1v) is 12.8. The van der Waals surface area contributed by atoms with E-state index in [1.807, 2.05) is 19.9 Å². The summed E-state index contributed by atoms with van der Waals surface area (Å²) in [5.41, 5.74) is 0.431. The van der Waals surface area contributed by atoms with Crippen molar-refractivity contribution in [3.05, 3.63) is 47.2 Å². The second-order valence-electron chi connectivity index (χ2n) is 8.38. The van der Waals surface area contributed by atoms with Gasteiger partial charge in [-0.25, -0.2) is 13.4 Å². The van der Waals surface area contributed by atoms with Crippen molar-refractivity contribution in [2.75, 3.05) is 24.1 Å². The number of ether oxygens (including phenoxy) is 2. The van der Waals surface area contributed by atoms with Crippen molar-refractivity contribution in [3.8, 4) is 11.6 Å². The number of rotatable bonds is 10. The number of benzene rings is 1. The predicted molar refractivity (Wildman–Crippen MR) is 128 cm³/mol. The Morgan fingerprint density at radius 1 is 1.32 bits per heavy atom. The van der Waals surface area contributed by atoms with Crippen LogP contribution in [0.25, 0.3) is 6.08 Å². The molecule has 9 nitrogen and oxygen atoms in total. The number of hydrogen-bond acceptors (Lipinski definition) is 7. The predicted octanol–water partition coefficient (Wildman–Crippen LogP) is 4.11. The van der Waals surface area contributed by atoms with Crippen molar-refractivity contribution in [2.45, 2.75) is 50.3 Å². The van der Waals surface area contributed by atoms with Gasteiger partial charge in [-0.1, -0.05) is 24.6 Å². The minimum Gasteiger partial charge on any atom is -0.486 e. The lowest BCUT2D eigenvalue weighted by atomic mass is 10.1. The number of nitrogens with zero attached hydrogens (tertiary/aromatic N) is 2. The van der Waals surface area contributed by atoms with Crippen LogP contribution in [0.2, 0.25) is 0 Å². The number of aliphatic hydroxyl groups is 1. The van der Waals surface area contributed by atoms with Gasteiger partial charge in [-0.15, -0.1) is 0 Å². The molecule has 0 bridgehead atoms. The zero-order chi connectivity index (χ0) is 27.4. The Morgan fingerprint density at radius 3 is 2.68 bits per heavy atom. The minimum absolute atomic E-state index is 0.0356. The molecule has 0 saturated heterocycles. The van der Waals surface area contributed by atoms with Crippen LogP contribution in [0.1, 0.15) is 44.2 Å². The van der Waals surface area contributed by atoms with E-state index in [-0.39, 0.29) is 30.8 Å². The van der Waals surface area contributed by atoms with Crippen LogP contribution in [-0.4, -0.2) is 55.4 Å². The lowest BCUT2D eigenvalue weighted by molar-refractivity contribution is -0.138. The average molecular weight is 545 g/mol. The Morgan fingerprint density at radius 2 is 2.05 bits per heavy atom. The molecular formula is C24H27F3N2O7S. The summed E-state index contributed by atoms with van der Waals surface area (Å²) in [7, 11) is -4.73. The van der Waals surface area contributed by atoms with E-state index >= 15 is 0 Å². The Bertz CT molecular complexity index is 1280. The topological polar surface area (TPSA) is 126 Å². The zero-order valence-corrected chi connectivity index (χ0v) is 21.0. The van der Waals surface area contributed by atoms with Gasteiger partial charge in [0.15, 0.2) is 4.90 Å². The Hall–Kier alpha value is -3.32. The number of sulfonamides is 1. The maximum atomic E-state index is 13.9. The molecule has 37 heavy (non-hydrogen) atoms. The molecular weight excluding hydrogens is 517 g/mol. The van der Waals surface area contributed by atoms with Crippen LogP contribution in [-0.2, 0) is 21.0 Å². The van der Waals surface area contributed by atoms with Crippen LogP contribution in [0.3, 0.4) is 0 Å². The molecule has 1 atom stereocenters. The van der Waals surface area contributed by atoms with Crippen molar-refractivity contribution < 1.29 is 46.1 Å². The summed E-state index contributed by atoms with van der Waals surface area (Å²) in [6, 6.07) is 5.20. The molecule has 0 spiro atoms. The Balaban J connectivity index is 2.18. The normalized spacial score (nSPS) is 16.2. The van der Waals surface area contributed by atoms with E-state index in [2.05, 4.69) is 4.98 Å². The fourth-order valence-electron chi connectivity index (χ4n) is 3.61. The summed E-state index contributed by atoms with van der Waals surface area (Å²) in [6.45, 7) is 2.58. The summed E-state index contributed by atoms with van der Waals surface area (Å²) in [6.07, 6.45) is -3.07. The first-order valence-electron chi connectivity index (χ1n) is 11.4. The number of hydrogen-bond donors (Lipinski definition) is 2. The van der Waals surface area contributed by atoms with Crippen molar-refractivity contribution in [1.82, 2.24) is 4.98 Å². The van der Waals surface area contributed by atoms with Gasteiger partial charge in [0.05, 0.1) is 24.4 Å². The SMILES string of the molecule is CCC(C)=Cc1ccc2c(c1)N(S(=O)(=O)c1cc(C(F)(F)F)cnc1OCCO)CC(CCC(=O)O)O2. The first kappa shape index (κ1) is 28.3. The minimum atomic E-state index is -4.88. The highest BCUT2D eigenvalue weighted by Gasteiger charge is 2.39. The first-order chi connectivity index (χ1) is 17.4. The van der Waals surface area contributed by atoms with E-state index in [4.69, 9.17) is 19.7 Å². The lowest BCUT2D eigenvalue weighted by Crippen LogP contribution is -2.44. The third-order valence-corrected chi connectivity index (χ3v) is 7.38. The standard InChI is InChI=1S/C24H27F3N2O7S/c1-3-15(2)10-16-4-6-20-19(11-16)29(14-18(36-20)5-7-22(31)32)37(33,34)21-12-17(24(25,26)27)13-28-23(21)35-9-8-30/h4,6,10-13,18,30H,3,5,7-9,14H2,1-2H3,(H,31,32). The summed E-state index contributed by atoms with van der Waals surface area (Å²) >= 11 is 0. The number of fused-ring (bicyclic) bond motifs is 1. The van der Waals surface area contributed by atoms with Crippen molar-refractivity contribution in [1.29, 1.82) is 0 Å². The second-order valence-corrected chi connectivity index (χ2v) is 10.2. The molecule has 2 N–H and O–H groups in total. The third-order valence-electron chi connectivity index (χ3n) is 5.61. The van der Waals surface area contributed by atoms with Gasteiger partial charge in [-0.2, -0.15) is 13.2 Å². The van der Waals surface area contributed by atoms with Crippen LogP contribution >= 0.6 is 0 Å². The van der Waals surface area contributed by atoms with Crippen molar-refractivity contribution >= 4 is 27.8 Å². The second kappa shape index (κ2) is 11.4. The molecule has 3 rings (SSSR count). The maximum absolute atomic E-state index is 13.9. The van der Waals surface area contributed by atoms with E-state index in [1.165, 1.54) is 12.1 Å². The van der Waals surface area contributed by atoms with E-state index in [9.17, 15) is 26.4 Å². The fourth-order valence-corrected chi connectivity index (χ4v) is 5.22. The Labute approximate surface area is 212 Å². The van der Waals surface area contributed by atoms with Gasteiger partial charge in [-0.05, 0) is 43.5 Å². The largest absolute Gasteiger partial charge is 0.486 e. The van der Waals surface area contributed by atoms with E-state index in [1.54, 1.807) is 6.07 Å². The number of carbonyl (C=O) groups is 1. The number of aromatic nitrogens is 1. The zero-order valence-electron chi connectivity index (χ0n) is 20.2. The van der Waals surface area contributed by atoms with Crippen LogP contribution in [0.4, 0.5) is 18.9 Å². The highest BCUT2D eigenvalue weighted by Crippen LogP contribution is 2.41. The summed E-state index contributed by atoms with van der Waals surface area (Å²) < 4.78 is 80.0. The van der Waals surface area contributed by atoms with Crippen LogP contribution < -0.4 is 13.8 Å². The molecule has 13 heteroatoms. The lowest BCUT2D eigenvalue weighted by Gasteiger charge is -2.36. The maximum Gasteiger partial charge on any atom is 0.417 e. The molecule has 0 aliphatic carbocycles. The Kier molecular flexibility index (Phi) is 8.69. The molecule has 1 aliphatic rings. The van der Waals surface area contributed by atoms with Crippen LogP contribution in [0, 0.1) is 0 Å². The van der Waals surface area contributed by atoms with Gasteiger partial charge in [0, 0.05) is 12.6 Å². The number of aliphatic carboxylic acids is 1. The average Bonchev–Trinajstić information content (AvgIpc) is 2.84. The number of aliphatic hydroxyl groups excluding tert-OH is 1.